The third-order valence-electron chi connectivity index (χ3n) is 5.79. The molecule has 0 bridgehead atoms. The summed E-state index contributed by atoms with van der Waals surface area (Å²) in [6, 6.07) is 8.11. The SMILES string of the molecule is O=C(CCC(=O)N1CCc2ccccc21)N1CCC(N2CCOC2=O)CC1. The van der Waals surface area contributed by atoms with Crippen molar-refractivity contribution in [2.45, 2.75) is 38.1 Å². The third kappa shape index (κ3) is 3.63. The van der Waals surface area contributed by atoms with E-state index in [0.29, 0.717) is 32.8 Å². The number of carbonyl (C=O) groups is 3. The number of anilines is 1. The average Bonchev–Trinajstić information content (AvgIpc) is 3.32. The van der Waals surface area contributed by atoms with Gasteiger partial charge in [-0.1, -0.05) is 18.2 Å². The normalized spacial score (nSPS) is 20.0. The van der Waals surface area contributed by atoms with Crippen molar-refractivity contribution in [3.05, 3.63) is 29.8 Å². The van der Waals surface area contributed by atoms with Crippen LogP contribution in [0.3, 0.4) is 0 Å². The van der Waals surface area contributed by atoms with Crippen LogP contribution in [0.4, 0.5) is 10.5 Å². The van der Waals surface area contributed by atoms with Crippen LogP contribution in [0.2, 0.25) is 0 Å². The number of carbonyl (C=O) groups excluding carboxylic acids is 3. The number of likely N-dealkylation sites (tertiary alicyclic amines) is 1. The second kappa shape index (κ2) is 7.58. The molecule has 7 nitrogen and oxygen atoms in total. The summed E-state index contributed by atoms with van der Waals surface area (Å²) in [7, 11) is 0. The summed E-state index contributed by atoms with van der Waals surface area (Å²) in [5.41, 5.74) is 2.17. The summed E-state index contributed by atoms with van der Waals surface area (Å²) in [6.07, 6.45) is 2.67. The van der Waals surface area contributed by atoms with Gasteiger partial charge in [0.2, 0.25) is 11.8 Å². The van der Waals surface area contributed by atoms with Crippen molar-refractivity contribution in [1.82, 2.24) is 9.80 Å². The molecule has 0 radical (unpaired) electrons. The van der Waals surface area contributed by atoms with Crippen LogP contribution in [0.5, 0.6) is 0 Å². The fraction of sp³-hybridized carbons (Fsp3) is 0.550. The van der Waals surface area contributed by atoms with Gasteiger partial charge in [-0.3, -0.25) is 9.59 Å². The van der Waals surface area contributed by atoms with E-state index < -0.39 is 0 Å². The first-order chi connectivity index (χ1) is 13.1. The molecule has 3 aliphatic rings. The highest BCUT2D eigenvalue weighted by Gasteiger charge is 2.33. The van der Waals surface area contributed by atoms with Crippen LogP contribution in [-0.4, -0.2) is 66.5 Å². The maximum absolute atomic E-state index is 12.6. The zero-order valence-electron chi connectivity index (χ0n) is 15.4. The molecular formula is C20H25N3O4. The van der Waals surface area contributed by atoms with Crippen LogP contribution in [0.25, 0.3) is 0 Å². The highest BCUT2D eigenvalue weighted by atomic mass is 16.6. The Labute approximate surface area is 158 Å². The Morgan fingerprint density at radius 1 is 1.00 bits per heavy atom. The van der Waals surface area contributed by atoms with Crippen LogP contribution in [0, 0.1) is 0 Å². The number of piperidine rings is 1. The molecule has 27 heavy (non-hydrogen) atoms. The fourth-order valence-corrected chi connectivity index (χ4v) is 4.27. The van der Waals surface area contributed by atoms with E-state index in [1.807, 2.05) is 29.2 Å². The minimum absolute atomic E-state index is 0.0167. The van der Waals surface area contributed by atoms with Gasteiger partial charge in [-0.2, -0.15) is 0 Å². The van der Waals surface area contributed by atoms with Crippen molar-refractivity contribution in [1.29, 1.82) is 0 Å². The molecule has 0 aromatic heterocycles. The Bertz CT molecular complexity index is 742. The third-order valence-corrected chi connectivity index (χ3v) is 5.79. The standard InChI is InChI=1S/C20H25N3O4/c24-18(21-10-8-16(9-11-21)22-13-14-27-20(22)26)5-6-19(25)23-12-7-15-3-1-2-4-17(15)23/h1-4,16H,5-14H2. The minimum atomic E-state index is -0.240. The number of amides is 3. The lowest BCUT2D eigenvalue weighted by Gasteiger charge is -2.35. The van der Waals surface area contributed by atoms with Crippen LogP contribution >= 0.6 is 0 Å². The Balaban J connectivity index is 1.24. The fourth-order valence-electron chi connectivity index (χ4n) is 4.27. The lowest BCUT2D eigenvalue weighted by atomic mass is 10.0. The number of rotatable bonds is 4. The molecule has 0 atom stereocenters. The van der Waals surface area contributed by atoms with Crippen molar-refractivity contribution in [3.63, 3.8) is 0 Å². The lowest BCUT2D eigenvalue weighted by molar-refractivity contribution is -0.134. The van der Waals surface area contributed by atoms with Gasteiger partial charge in [-0.05, 0) is 30.9 Å². The minimum Gasteiger partial charge on any atom is -0.448 e. The maximum atomic E-state index is 12.6. The molecule has 1 aromatic carbocycles. The van der Waals surface area contributed by atoms with Crippen molar-refractivity contribution < 1.29 is 19.1 Å². The molecule has 0 N–H and O–H groups in total. The topological polar surface area (TPSA) is 70.2 Å². The van der Waals surface area contributed by atoms with Gasteiger partial charge in [0.05, 0.1) is 6.54 Å². The van der Waals surface area contributed by atoms with Crippen molar-refractivity contribution in [3.8, 4) is 0 Å². The molecule has 144 valence electrons. The predicted molar refractivity (Wildman–Crippen MR) is 99.4 cm³/mol. The summed E-state index contributed by atoms with van der Waals surface area (Å²) in [4.78, 5) is 42.1. The van der Waals surface area contributed by atoms with Gasteiger partial charge in [0.25, 0.3) is 0 Å². The van der Waals surface area contributed by atoms with Gasteiger partial charge < -0.3 is 19.4 Å². The summed E-state index contributed by atoms with van der Waals surface area (Å²) >= 11 is 0. The van der Waals surface area contributed by atoms with Crippen LogP contribution in [0.1, 0.15) is 31.2 Å². The molecule has 0 spiro atoms. The van der Waals surface area contributed by atoms with Gasteiger partial charge in [0, 0.05) is 44.2 Å². The zero-order chi connectivity index (χ0) is 18.8. The highest BCUT2D eigenvalue weighted by Crippen LogP contribution is 2.28. The van der Waals surface area contributed by atoms with Crippen LogP contribution in [0.15, 0.2) is 24.3 Å². The van der Waals surface area contributed by atoms with E-state index >= 15 is 0 Å². The second-order valence-corrected chi connectivity index (χ2v) is 7.34. The summed E-state index contributed by atoms with van der Waals surface area (Å²) < 4.78 is 5.00. The van der Waals surface area contributed by atoms with Crippen LogP contribution < -0.4 is 4.90 Å². The quantitative estimate of drug-likeness (QED) is 0.809. The van der Waals surface area contributed by atoms with Crippen molar-refractivity contribution in [2.24, 2.45) is 0 Å². The lowest BCUT2D eigenvalue weighted by Crippen LogP contribution is -2.47. The van der Waals surface area contributed by atoms with Gasteiger partial charge in [0.15, 0.2) is 0 Å². The van der Waals surface area contributed by atoms with Crippen LogP contribution in [-0.2, 0) is 20.7 Å². The van der Waals surface area contributed by atoms with Gasteiger partial charge in [0.1, 0.15) is 6.61 Å². The largest absolute Gasteiger partial charge is 0.448 e. The van der Waals surface area contributed by atoms with E-state index in [1.54, 1.807) is 9.80 Å². The monoisotopic (exact) mass is 371 g/mol. The molecule has 3 aliphatic heterocycles. The van der Waals surface area contributed by atoms with E-state index in [-0.39, 0.29) is 36.8 Å². The van der Waals surface area contributed by atoms with E-state index in [2.05, 4.69) is 0 Å². The summed E-state index contributed by atoms with van der Waals surface area (Å²) in [5.74, 6) is 0.0429. The van der Waals surface area contributed by atoms with E-state index in [4.69, 9.17) is 4.74 Å². The number of cyclic esters (lactones) is 1. The van der Waals surface area contributed by atoms with Crippen molar-refractivity contribution >= 4 is 23.6 Å². The molecule has 2 saturated heterocycles. The molecule has 3 heterocycles. The van der Waals surface area contributed by atoms with Gasteiger partial charge in [-0.25, -0.2) is 4.79 Å². The Hall–Kier alpha value is -2.57. The first kappa shape index (κ1) is 17.8. The number of hydrogen-bond donors (Lipinski definition) is 0. The number of para-hydroxylation sites is 1. The predicted octanol–water partition coefficient (Wildman–Crippen LogP) is 1.80. The number of nitrogens with zero attached hydrogens (tertiary/aromatic N) is 3. The Kier molecular flexibility index (Phi) is 5.01. The first-order valence-corrected chi connectivity index (χ1v) is 9.73. The zero-order valence-corrected chi connectivity index (χ0v) is 15.4. The Morgan fingerprint density at radius 2 is 1.74 bits per heavy atom. The molecule has 3 amide bonds. The highest BCUT2D eigenvalue weighted by molar-refractivity contribution is 5.97. The molecule has 0 saturated carbocycles. The maximum Gasteiger partial charge on any atom is 0.410 e. The van der Waals surface area contributed by atoms with E-state index in [9.17, 15) is 14.4 Å². The second-order valence-electron chi connectivity index (χ2n) is 7.34. The number of fused-ring (bicyclic) bond motifs is 1. The number of benzene rings is 1. The molecule has 2 fully saturated rings. The number of ether oxygens (including phenoxy) is 1. The molecule has 1 aromatic rings. The molecular weight excluding hydrogens is 346 g/mol. The Morgan fingerprint density at radius 3 is 2.48 bits per heavy atom. The van der Waals surface area contributed by atoms with Crippen molar-refractivity contribution in [2.75, 3.05) is 37.7 Å². The summed E-state index contributed by atoms with van der Waals surface area (Å²) in [6.45, 7) is 3.06. The molecule has 0 aliphatic carbocycles. The molecule has 0 unspecified atom stereocenters. The molecule has 7 heteroatoms. The van der Waals surface area contributed by atoms with E-state index in [1.165, 1.54) is 5.56 Å². The number of hydrogen-bond acceptors (Lipinski definition) is 4. The van der Waals surface area contributed by atoms with Gasteiger partial charge in [-0.15, -0.1) is 0 Å². The van der Waals surface area contributed by atoms with Gasteiger partial charge >= 0.3 is 6.09 Å². The van der Waals surface area contributed by atoms with E-state index in [0.717, 1.165) is 24.9 Å². The first-order valence-electron chi connectivity index (χ1n) is 9.73. The summed E-state index contributed by atoms with van der Waals surface area (Å²) in [5, 5.41) is 0. The smallest absolute Gasteiger partial charge is 0.410 e. The molecule has 4 rings (SSSR count). The average molecular weight is 371 g/mol.